The molecule has 0 saturated heterocycles. The van der Waals surface area contributed by atoms with Crippen LogP contribution in [0.4, 0.5) is 5.69 Å². The van der Waals surface area contributed by atoms with Crippen LogP contribution < -0.4 is 10.6 Å². The zero-order valence-corrected chi connectivity index (χ0v) is 11.8. The summed E-state index contributed by atoms with van der Waals surface area (Å²) >= 11 is 0. The smallest absolute Gasteiger partial charge is 0.290 e. The van der Waals surface area contributed by atoms with Crippen LogP contribution in [-0.4, -0.2) is 24.8 Å². The van der Waals surface area contributed by atoms with Crippen molar-refractivity contribution in [2.24, 2.45) is 4.99 Å². The van der Waals surface area contributed by atoms with E-state index < -0.39 is 0 Å². The molecule has 19 heavy (non-hydrogen) atoms. The van der Waals surface area contributed by atoms with Gasteiger partial charge in [0.2, 0.25) is 0 Å². The maximum Gasteiger partial charge on any atom is 0.290 e. The second kappa shape index (κ2) is 5.87. The van der Waals surface area contributed by atoms with Gasteiger partial charge in [-0.15, -0.1) is 0 Å². The summed E-state index contributed by atoms with van der Waals surface area (Å²) in [6.45, 7) is 7.62. The molecular weight excluding hydrogens is 238 g/mol. The molecule has 1 amide bonds. The highest BCUT2D eigenvalue weighted by Crippen LogP contribution is 2.21. The Morgan fingerprint density at radius 2 is 1.89 bits per heavy atom. The van der Waals surface area contributed by atoms with E-state index in [1.165, 1.54) is 5.56 Å². The molecule has 0 aliphatic carbocycles. The van der Waals surface area contributed by atoms with Gasteiger partial charge < -0.3 is 10.6 Å². The second-order valence-electron chi connectivity index (χ2n) is 5.09. The number of hydrogen-bond donors (Lipinski definition) is 2. The molecule has 0 unspecified atom stereocenters. The van der Waals surface area contributed by atoms with Gasteiger partial charge in [0.15, 0.2) is 5.84 Å². The van der Waals surface area contributed by atoms with Crippen molar-refractivity contribution in [2.75, 3.05) is 18.4 Å². The normalized spacial score (nSPS) is 15.2. The van der Waals surface area contributed by atoms with Crippen LogP contribution in [0.1, 0.15) is 29.5 Å². The summed E-state index contributed by atoms with van der Waals surface area (Å²) < 4.78 is 0. The highest BCUT2D eigenvalue weighted by molar-refractivity contribution is 6.42. The standard InChI is InChI=1S/C15H21N3O/c1-10-8-11(2)13(12(3)9-10)18-15(19)14-16-6-4-5-7-17-14/h8-9H,4-7H2,1-3H3,(H,16,17)(H,18,19). The third-order valence-electron chi connectivity index (χ3n) is 3.28. The number of amidine groups is 1. The van der Waals surface area contributed by atoms with E-state index in [2.05, 4.69) is 34.7 Å². The van der Waals surface area contributed by atoms with Crippen molar-refractivity contribution in [1.29, 1.82) is 0 Å². The van der Waals surface area contributed by atoms with Crippen LogP contribution in [-0.2, 0) is 4.79 Å². The molecule has 1 heterocycles. The first-order valence-electron chi connectivity index (χ1n) is 6.75. The van der Waals surface area contributed by atoms with Crippen LogP contribution >= 0.6 is 0 Å². The molecule has 1 aliphatic rings. The third-order valence-corrected chi connectivity index (χ3v) is 3.28. The third kappa shape index (κ3) is 3.34. The molecule has 1 aromatic carbocycles. The first-order chi connectivity index (χ1) is 9.08. The molecule has 0 atom stereocenters. The van der Waals surface area contributed by atoms with Crippen molar-refractivity contribution < 1.29 is 4.79 Å². The van der Waals surface area contributed by atoms with E-state index in [-0.39, 0.29) is 5.91 Å². The first-order valence-corrected chi connectivity index (χ1v) is 6.75. The van der Waals surface area contributed by atoms with Gasteiger partial charge in [0.1, 0.15) is 0 Å². The van der Waals surface area contributed by atoms with Gasteiger partial charge >= 0.3 is 0 Å². The van der Waals surface area contributed by atoms with E-state index in [9.17, 15) is 4.79 Å². The Morgan fingerprint density at radius 1 is 1.21 bits per heavy atom. The average molecular weight is 259 g/mol. The molecule has 1 aromatic rings. The van der Waals surface area contributed by atoms with E-state index in [0.717, 1.165) is 42.7 Å². The zero-order valence-electron chi connectivity index (χ0n) is 11.8. The van der Waals surface area contributed by atoms with Crippen LogP contribution in [0.25, 0.3) is 0 Å². The fourth-order valence-electron chi connectivity index (χ4n) is 2.39. The lowest BCUT2D eigenvalue weighted by molar-refractivity contribution is -0.110. The number of nitrogens with one attached hydrogen (secondary N) is 2. The van der Waals surface area contributed by atoms with E-state index in [1.807, 2.05) is 13.8 Å². The van der Waals surface area contributed by atoms with Gasteiger partial charge in [-0.2, -0.15) is 0 Å². The minimum Gasteiger partial charge on any atom is -0.366 e. The monoisotopic (exact) mass is 259 g/mol. The Bertz CT molecular complexity index is 497. The SMILES string of the molecule is Cc1cc(C)c(NC(=O)C2=NCCCCN2)c(C)c1. The molecule has 0 aromatic heterocycles. The van der Waals surface area contributed by atoms with Gasteiger partial charge in [0, 0.05) is 18.8 Å². The summed E-state index contributed by atoms with van der Waals surface area (Å²) in [6, 6.07) is 4.15. The summed E-state index contributed by atoms with van der Waals surface area (Å²) in [5, 5.41) is 6.06. The van der Waals surface area contributed by atoms with Crippen molar-refractivity contribution in [3.05, 3.63) is 28.8 Å². The topological polar surface area (TPSA) is 53.5 Å². The van der Waals surface area contributed by atoms with Gasteiger partial charge in [0.25, 0.3) is 5.91 Å². The number of anilines is 1. The number of nitrogens with zero attached hydrogens (tertiary/aromatic N) is 1. The predicted molar refractivity (Wildman–Crippen MR) is 78.8 cm³/mol. The Labute approximate surface area is 114 Å². The Kier molecular flexibility index (Phi) is 4.20. The number of carbonyl (C=O) groups is 1. The number of amides is 1. The molecule has 102 valence electrons. The highest BCUT2D eigenvalue weighted by atomic mass is 16.2. The number of aryl methyl sites for hydroxylation is 3. The van der Waals surface area contributed by atoms with Gasteiger partial charge in [-0.3, -0.25) is 9.79 Å². The fourth-order valence-corrected chi connectivity index (χ4v) is 2.39. The molecule has 2 rings (SSSR count). The summed E-state index contributed by atoms with van der Waals surface area (Å²) in [5.41, 5.74) is 4.27. The Hall–Kier alpha value is -1.84. The van der Waals surface area contributed by atoms with E-state index in [0.29, 0.717) is 5.84 Å². The van der Waals surface area contributed by atoms with Gasteiger partial charge in [-0.05, 0) is 44.7 Å². The predicted octanol–water partition coefficient (Wildman–Crippen LogP) is 2.33. The van der Waals surface area contributed by atoms with Crippen LogP contribution in [0, 0.1) is 20.8 Å². The fraction of sp³-hybridized carbons (Fsp3) is 0.467. The van der Waals surface area contributed by atoms with Gasteiger partial charge in [0.05, 0.1) is 0 Å². The van der Waals surface area contributed by atoms with Crippen LogP contribution in [0.15, 0.2) is 17.1 Å². The number of carbonyl (C=O) groups excluding carboxylic acids is 1. The molecule has 0 saturated carbocycles. The van der Waals surface area contributed by atoms with Crippen LogP contribution in [0.5, 0.6) is 0 Å². The lowest BCUT2D eigenvalue weighted by Gasteiger charge is -2.14. The lowest BCUT2D eigenvalue weighted by atomic mass is 10.1. The van der Waals surface area contributed by atoms with E-state index >= 15 is 0 Å². The van der Waals surface area contributed by atoms with E-state index in [1.54, 1.807) is 0 Å². The number of rotatable bonds is 2. The quantitative estimate of drug-likeness (QED) is 0.856. The van der Waals surface area contributed by atoms with Crippen molar-refractivity contribution >= 4 is 17.4 Å². The summed E-state index contributed by atoms with van der Waals surface area (Å²) in [5.74, 6) is 0.314. The lowest BCUT2D eigenvalue weighted by Crippen LogP contribution is -2.35. The first kappa shape index (κ1) is 13.6. The minimum atomic E-state index is -0.142. The number of hydrogen-bond acceptors (Lipinski definition) is 3. The number of aliphatic imine (C=N–C) groups is 1. The largest absolute Gasteiger partial charge is 0.366 e. The van der Waals surface area contributed by atoms with Crippen molar-refractivity contribution in [3.8, 4) is 0 Å². The molecule has 0 radical (unpaired) electrons. The van der Waals surface area contributed by atoms with Crippen LogP contribution in [0.3, 0.4) is 0 Å². The highest BCUT2D eigenvalue weighted by Gasteiger charge is 2.15. The summed E-state index contributed by atoms with van der Waals surface area (Å²) in [4.78, 5) is 16.5. The Morgan fingerprint density at radius 3 is 2.58 bits per heavy atom. The molecule has 4 nitrogen and oxygen atoms in total. The second-order valence-corrected chi connectivity index (χ2v) is 5.09. The molecular formula is C15H21N3O. The molecule has 4 heteroatoms. The molecule has 1 aliphatic heterocycles. The summed E-state index contributed by atoms with van der Waals surface area (Å²) in [6.07, 6.45) is 2.09. The average Bonchev–Trinajstić information content (AvgIpc) is 2.62. The molecule has 2 N–H and O–H groups in total. The zero-order chi connectivity index (χ0) is 13.8. The van der Waals surface area contributed by atoms with E-state index in [4.69, 9.17) is 0 Å². The minimum absolute atomic E-state index is 0.142. The Balaban J connectivity index is 2.17. The molecule has 0 fully saturated rings. The van der Waals surface area contributed by atoms with Crippen LogP contribution in [0.2, 0.25) is 0 Å². The number of benzene rings is 1. The maximum atomic E-state index is 12.2. The maximum absolute atomic E-state index is 12.2. The van der Waals surface area contributed by atoms with Crippen molar-refractivity contribution in [2.45, 2.75) is 33.6 Å². The summed E-state index contributed by atoms with van der Waals surface area (Å²) in [7, 11) is 0. The molecule has 0 spiro atoms. The molecule has 0 bridgehead atoms. The van der Waals surface area contributed by atoms with Gasteiger partial charge in [-0.1, -0.05) is 17.7 Å². The van der Waals surface area contributed by atoms with Crippen molar-refractivity contribution in [3.63, 3.8) is 0 Å². The van der Waals surface area contributed by atoms with Crippen molar-refractivity contribution in [1.82, 2.24) is 5.32 Å². The van der Waals surface area contributed by atoms with Gasteiger partial charge in [-0.25, -0.2) is 0 Å².